The van der Waals surface area contributed by atoms with E-state index >= 15 is 0 Å². The average Bonchev–Trinajstić information content (AvgIpc) is 2.56. The fourth-order valence-corrected chi connectivity index (χ4v) is 1.90. The highest BCUT2D eigenvalue weighted by atomic mass is 16.3. The lowest BCUT2D eigenvalue weighted by Gasteiger charge is -2.20. The molecule has 0 aromatic heterocycles. The van der Waals surface area contributed by atoms with E-state index in [1.54, 1.807) is 0 Å². The Morgan fingerprint density at radius 3 is 2.00 bits per heavy atom. The predicted molar refractivity (Wildman–Crippen MR) is 78.4 cm³/mol. The van der Waals surface area contributed by atoms with Crippen molar-refractivity contribution in [3.8, 4) is 5.75 Å². The lowest BCUT2D eigenvalue weighted by Crippen LogP contribution is -2.22. The van der Waals surface area contributed by atoms with Gasteiger partial charge in [0.1, 0.15) is 0 Å². The smallest absolute Gasteiger partial charge is 0.228 e. The van der Waals surface area contributed by atoms with Crippen molar-refractivity contribution >= 4 is 17.3 Å². The second-order valence-corrected chi connectivity index (χ2v) is 4.53. The van der Waals surface area contributed by atoms with E-state index in [-0.39, 0.29) is 11.7 Å². The summed E-state index contributed by atoms with van der Waals surface area (Å²) in [6.07, 6.45) is 0. The van der Waals surface area contributed by atoms with Crippen molar-refractivity contribution in [2.75, 3.05) is 4.90 Å². The zero-order chi connectivity index (χ0) is 14.7. The molecule has 0 bridgehead atoms. The van der Waals surface area contributed by atoms with Crippen LogP contribution in [-0.4, -0.2) is 11.0 Å². The van der Waals surface area contributed by atoms with Crippen LogP contribution in [0.4, 0.5) is 11.4 Å². The van der Waals surface area contributed by atoms with Crippen molar-refractivity contribution in [3.05, 3.63) is 64.3 Å². The molecule has 0 saturated carbocycles. The zero-order valence-electron chi connectivity index (χ0n) is 11.3. The number of aryl methyl sites for hydroxylation is 1. The van der Waals surface area contributed by atoms with E-state index < -0.39 is 5.43 Å². The van der Waals surface area contributed by atoms with Gasteiger partial charge in [0.15, 0.2) is 5.75 Å². The lowest BCUT2D eigenvalue weighted by atomic mass is 10.2. The van der Waals surface area contributed by atoms with Gasteiger partial charge in [-0.2, -0.15) is 0 Å². The predicted octanol–water partition coefficient (Wildman–Crippen LogP) is 2.75. The van der Waals surface area contributed by atoms with Crippen LogP contribution < -0.4 is 10.3 Å². The molecular formula is C16H15NO3. The van der Waals surface area contributed by atoms with Crippen molar-refractivity contribution in [2.45, 2.75) is 13.8 Å². The molecule has 0 heterocycles. The van der Waals surface area contributed by atoms with E-state index in [1.165, 1.54) is 36.1 Å². The van der Waals surface area contributed by atoms with Gasteiger partial charge >= 0.3 is 0 Å². The van der Waals surface area contributed by atoms with Gasteiger partial charge in [-0.05, 0) is 43.3 Å². The van der Waals surface area contributed by atoms with Crippen molar-refractivity contribution in [1.82, 2.24) is 0 Å². The second-order valence-electron chi connectivity index (χ2n) is 4.53. The average molecular weight is 269 g/mol. The van der Waals surface area contributed by atoms with Crippen molar-refractivity contribution in [1.29, 1.82) is 0 Å². The molecule has 1 amide bonds. The van der Waals surface area contributed by atoms with Gasteiger partial charge in [-0.15, -0.1) is 0 Å². The number of nitrogens with zero attached hydrogens (tertiary/aromatic N) is 1. The van der Waals surface area contributed by atoms with Crippen molar-refractivity contribution in [2.24, 2.45) is 0 Å². The number of carbonyl (C=O) groups is 1. The van der Waals surface area contributed by atoms with Crippen molar-refractivity contribution < 1.29 is 9.90 Å². The van der Waals surface area contributed by atoms with Crippen LogP contribution in [0.1, 0.15) is 12.5 Å². The standard InChI is InChI=1S/C16H15NO3/c1-11-3-5-13(6-4-11)17(12(2)18)14-7-9-15(19)16(20)10-8-14/h3-10H,1-2H3,(H,19,20). The third-order valence-corrected chi connectivity index (χ3v) is 2.94. The van der Waals surface area contributed by atoms with Crippen LogP contribution in [0.3, 0.4) is 0 Å². The Bertz CT molecular complexity index is 693. The van der Waals surface area contributed by atoms with Crippen LogP contribution in [0.5, 0.6) is 5.75 Å². The maximum absolute atomic E-state index is 11.9. The number of hydrogen-bond donors (Lipinski definition) is 1. The Morgan fingerprint density at radius 2 is 1.45 bits per heavy atom. The van der Waals surface area contributed by atoms with E-state index in [1.807, 2.05) is 31.2 Å². The first kappa shape index (κ1) is 13.8. The molecule has 0 saturated heterocycles. The molecule has 0 fully saturated rings. The molecule has 102 valence electrons. The van der Waals surface area contributed by atoms with Gasteiger partial charge in [0.2, 0.25) is 11.3 Å². The van der Waals surface area contributed by atoms with Crippen LogP contribution in [0.15, 0.2) is 53.3 Å². The maximum Gasteiger partial charge on any atom is 0.228 e. The monoisotopic (exact) mass is 269 g/mol. The molecule has 0 unspecified atom stereocenters. The van der Waals surface area contributed by atoms with Crippen LogP contribution in [-0.2, 0) is 4.79 Å². The molecule has 0 atom stereocenters. The topological polar surface area (TPSA) is 57.6 Å². The van der Waals surface area contributed by atoms with E-state index in [9.17, 15) is 14.7 Å². The third kappa shape index (κ3) is 2.85. The van der Waals surface area contributed by atoms with E-state index in [0.29, 0.717) is 11.4 Å². The van der Waals surface area contributed by atoms with Gasteiger partial charge in [-0.3, -0.25) is 14.5 Å². The van der Waals surface area contributed by atoms with Gasteiger partial charge in [0.05, 0.1) is 0 Å². The number of rotatable bonds is 2. The van der Waals surface area contributed by atoms with Gasteiger partial charge in [-0.1, -0.05) is 17.7 Å². The van der Waals surface area contributed by atoms with Crippen LogP contribution in [0.2, 0.25) is 0 Å². The molecule has 0 aliphatic carbocycles. The normalized spacial score (nSPS) is 10.1. The number of amides is 1. The first-order valence-corrected chi connectivity index (χ1v) is 6.20. The maximum atomic E-state index is 11.9. The summed E-state index contributed by atoms with van der Waals surface area (Å²) in [5, 5.41) is 9.42. The third-order valence-electron chi connectivity index (χ3n) is 2.94. The summed E-state index contributed by atoms with van der Waals surface area (Å²) >= 11 is 0. The molecule has 0 spiro atoms. The molecule has 0 radical (unpaired) electrons. The molecule has 4 nitrogen and oxygen atoms in total. The van der Waals surface area contributed by atoms with E-state index in [2.05, 4.69) is 0 Å². The second kappa shape index (κ2) is 5.57. The Hall–Kier alpha value is -2.62. The highest BCUT2D eigenvalue weighted by Gasteiger charge is 2.13. The Balaban J connectivity index is 2.55. The zero-order valence-corrected chi connectivity index (χ0v) is 11.3. The fourth-order valence-electron chi connectivity index (χ4n) is 1.90. The summed E-state index contributed by atoms with van der Waals surface area (Å²) in [7, 11) is 0. The summed E-state index contributed by atoms with van der Waals surface area (Å²) in [6, 6.07) is 13.1. The van der Waals surface area contributed by atoms with Crippen LogP contribution in [0, 0.1) is 6.92 Å². The molecule has 2 aromatic rings. The van der Waals surface area contributed by atoms with Crippen LogP contribution >= 0.6 is 0 Å². The number of aromatic hydroxyl groups is 1. The Kier molecular flexibility index (Phi) is 3.84. The number of hydrogen-bond acceptors (Lipinski definition) is 3. The Labute approximate surface area is 116 Å². The molecule has 20 heavy (non-hydrogen) atoms. The summed E-state index contributed by atoms with van der Waals surface area (Å²) in [5.41, 5.74) is 1.85. The van der Waals surface area contributed by atoms with Gasteiger partial charge in [-0.25, -0.2) is 0 Å². The van der Waals surface area contributed by atoms with E-state index in [4.69, 9.17) is 0 Å². The lowest BCUT2D eigenvalue weighted by molar-refractivity contribution is -0.115. The van der Waals surface area contributed by atoms with Gasteiger partial charge < -0.3 is 5.11 Å². The highest BCUT2D eigenvalue weighted by molar-refractivity contribution is 5.98. The van der Waals surface area contributed by atoms with E-state index in [0.717, 1.165) is 5.56 Å². The number of carbonyl (C=O) groups excluding carboxylic acids is 1. The minimum atomic E-state index is -0.483. The first-order chi connectivity index (χ1) is 9.49. The quantitative estimate of drug-likeness (QED) is 0.912. The molecular weight excluding hydrogens is 254 g/mol. The van der Waals surface area contributed by atoms with Gasteiger partial charge in [0.25, 0.3) is 0 Å². The molecule has 4 heteroatoms. The highest BCUT2D eigenvalue weighted by Crippen LogP contribution is 2.25. The molecule has 2 aromatic carbocycles. The largest absolute Gasteiger partial charge is 0.504 e. The summed E-state index contributed by atoms with van der Waals surface area (Å²) in [5.74, 6) is -0.518. The van der Waals surface area contributed by atoms with Crippen molar-refractivity contribution in [3.63, 3.8) is 0 Å². The number of benzene rings is 1. The summed E-state index contributed by atoms with van der Waals surface area (Å²) in [4.78, 5) is 24.8. The SMILES string of the molecule is CC(=O)N(c1ccc(C)cc1)c1ccc(O)c(=O)cc1. The number of anilines is 2. The first-order valence-electron chi connectivity index (χ1n) is 6.20. The molecule has 0 aliphatic rings. The molecule has 2 rings (SSSR count). The van der Waals surface area contributed by atoms with Gasteiger partial charge in [0, 0.05) is 18.3 Å². The minimum Gasteiger partial charge on any atom is -0.504 e. The molecule has 1 N–H and O–H groups in total. The fraction of sp³-hybridized carbons (Fsp3) is 0.125. The Morgan fingerprint density at radius 1 is 0.950 bits per heavy atom. The summed E-state index contributed by atoms with van der Waals surface area (Å²) in [6.45, 7) is 3.41. The minimum absolute atomic E-state index is 0.174. The molecule has 0 aliphatic heterocycles. The summed E-state index contributed by atoms with van der Waals surface area (Å²) < 4.78 is 0. The van der Waals surface area contributed by atoms with Crippen LogP contribution in [0.25, 0.3) is 0 Å².